The van der Waals surface area contributed by atoms with Gasteiger partial charge in [0.1, 0.15) is 29.7 Å². The van der Waals surface area contributed by atoms with Crippen molar-refractivity contribution in [2.75, 3.05) is 6.61 Å². The molecule has 0 spiro atoms. The van der Waals surface area contributed by atoms with E-state index in [0.717, 1.165) is 13.8 Å². The lowest BCUT2D eigenvalue weighted by Gasteiger charge is -2.67. The second kappa shape index (κ2) is 16.6. The van der Waals surface area contributed by atoms with Crippen LogP contribution in [0.25, 0.3) is 0 Å². The first-order valence-electron chi connectivity index (χ1n) is 20.6. The van der Waals surface area contributed by atoms with Crippen molar-refractivity contribution in [1.29, 1.82) is 0 Å². The molecule has 4 aliphatic rings. The Kier molecular flexibility index (Phi) is 11.9. The number of aromatic hydroxyl groups is 1. The van der Waals surface area contributed by atoms with Gasteiger partial charge in [0.05, 0.1) is 35.6 Å². The number of aliphatic hydroxyl groups excluding tert-OH is 2. The monoisotopic (exact) mass is 869 g/mol. The van der Waals surface area contributed by atoms with Crippen molar-refractivity contribution in [2.24, 2.45) is 16.7 Å². The molecule has 7 rings (SSSR count). The smallest absolute Gasteiger partial charge is 0.338 e. The van der Waals surface area contributed by atoms with Crippen LogP contribution in [0.1, 0.15) is 86.7 Å². The van der Waals surface area contributed by atoms with E-state index >= 15 is 4.79 Å². The average Bonchev–Trinajstić information content (AvgIpc) is 3.24. The van der Waals surface area contributed by atoms with Crippen molar-refractivity contribution in [1.82, 2.24) is 5.32 Å². The highest BCUT2D eigenvalue weighted by Crippen LogP contribution is 2.64. The zero-order valence-electron chi connectivity index (χ0n) is 35.6. The van der Waals surface area contributed by atoms with Gasteiger partial charge in [0, 0.05) is 37.7 Å². The van der Waals surface area contributed by atoms with Crippen molar-refractivity contribution in [3.63, 3.8) is 0 Å². The Bertz CT molecular complexity index is 2330. The molecular weight excluding hydrogens is 819 g/mol. The molecule has 2 unspecified atom stereocenters. The van der Waals surface area contributed by atoms with E-state index in [1.54, 1.807) is 50.2 Å². The quantitative estimate of drug-likeness (QED) is 0.111. The van der Waals surface area contributed by atoms with Gasteiger partial charge in [-0.25, -0.2) is 9.59 Å². The molecule has 1 heterocycles. The number of benzene rings is 3. The number of ketones is 1. The van der Waals surface area contributed by atoms with Gasteiger partial charge in [-0.15, -0.1) is 0 Å². The van der Waals surface area contributed by atoms with Crippen molar-refractivity contribution >= 4 is 35.6 Å². The van der Waals surface area contributed by atoms with Crippen molar-refractivity contribution in [2.45, 2.75) is 108 Å². The summed E-state index contributed by atoms with van der Waals surface area (Å²) in [4.78, 5) is 83.5. The van der Waals surface area contributed by atoms with Gasteiger partial charge in [-0.2, -0.15) is 0 Å². The zero-order chi connectivity index (χ0) is 45.8. The van der Waals surface area contributed by atoms with Gasteiger partial charge >= 0.3 is 23.9 Å². The standard InChI is InChI=1S/C47H51NO15/c1-24-31(61-43(57)36(53)35(27-17-19-30(51)20-18-27)48-41(55)28-13-9-7-10-14-28)22-47(58)40(62-42(56)29-15-11-8-12-16-29)38-45(6,32(52)21-33-46(38,23-59-33)63-26(3)50)39(54)37(60-25(2)49)34(24)44(47,4)5/h7-20,31-33,35-38,40,51-53,58H,21-23H2,1-6H3,(H,48,55)/t31-,32-,33+,35-,36+,37+,38?,40?,45+,46-,47+/m0/s1. The molecule has 1 aliphatic heterocycles. The molecule has 2 saturated carbocycles. The number of Topliss-reactive ketones (excluding diaryl/α,β-unsaturated/α-hetero) is 1. The molecule has 11 atom stereocenters. The van der Waals surface area contributed by atoms with Gasteiger partial charge in [-0.1, -0.05) is 62.4 Å². The molecule has 3 aromatic rings. The molecule has 2 bridgehead atoms. The highest BCUT2D eigenvalue weighted by atomic mass is 16.6. The summed E-state index contributed by atoms with van der Waals surface area (Å²) in [5, 5.41) is 50.2. The summed E-state index contributed by atoms with van der Waals surface area (Å²) in [5.74, 6) is -7.18. The number of amides is 1. The van der Waals surface area contributed by atoms with Gasteiger partial charge in [0.2, 0.25) is 0 Å². The van der Waals surface area contributed by atoms with Crippen LogP contribution in [0.4, 0.5) is 0 Å². The number of aliphatic hydroxyl groups is 3. The molecule has 0 radical (unpaired) electrons. The predicted molar refractivity (Wildman–Crippen MR) is 219 cm³/mol. The first-order chi connectivity index (χ1) is 29.7. The number of phenolic OH excluding ortho intramolecular Hbond substituents is 1. The number of carbonyl (C=O) groups is 6. The van der Waals surface area contributed by atoms with Crippen LogP contribution in [0.3, 0.4) is 0 Å². The van der Waals surface area contributed by atoms with E-state index in [4.69, 9.17) is 23.7 Å². The molecule has 3 aromatic carbocycles. The summed E-state index contributed by atoms with van der Waals surface area (Å²) in [6.45, 7) is 7.86. The molecule has 3 aliphatic carbocycles. The highest BCUT2D eigenvalue weighted by Gasteiger charge is 2.78. The molecule has 5 N–H and O–H groups in total. The van der Waals surface area contributed by atoms with E-state index in [2.05, 4.69) is 5.32 Å². The number of carbonyl (C=O) groups excluding carboxylic acids is 6. The van der Waals surface area contributed by atoms with Crippen LogP contribution in [0, 0.1) is 16.7 Å². The highest BCUT2D eigenvalue weighted by molar-refractivity contribution is 5.96. The lowest BCUT2D eigenvalue weighted by atomic mass is 9.44. The summed E-state index contributed by atoms with van der Waals surface area (Å²) >= 11 is 0. The van der Waals surface area contributed by atoms with Crippen LogP contribution in [-0.2, 0) is 42.9 Å². The third-order valence-electron chi connectivity index (χ3n) is 13.6. The fourth-order valence-corrected chi connectivity index (χ4v) is 10.2. The molecule has 334 valence electrons. The average molecular weight is 870 g/mol. The first-order valence-corrected chi connectivity index (χ1v) is 20.6. The number of esters is 4. The molecule has 1 amide bonds. The maximum Gasteiger partial charge on any atom is 0.338 e. The SMILES string of the molecule is CC(=O)O[C@H]1C(=O)[C@@]2(C)C(C(OC(=O)c3ccccc3)[C@]3(O)C[C@H](OC(=O)[C@H](O)[C@@H](NC(=O)c4ccccc4)c4ccc(O)cc4)C(C)=C1C3(C)C)[C@]1(OC(C)=O)CO[C@@H]1C[C@@H]2O. The molecule has 0 aromatic heterocycles. The maximum atomic E-state index is 15.5. The second-order valence-corrected chi connectivity index (χ2v) is 17.5. The van der Waals surface area contributed by atoms with Gasteiger partial charge in [-0.3, -0.25) is 19.2 Å². The number of ether oxygens (including phenoxy) is 5. The number of hydrogen-bond donors (Lipinski definition) is 5. The summed E-state index contributed by atoms with van der Waals surface area (Å²) in [6, 6.07) is 19.7. The zero-order valence-corrected chi connectivity index (χ0v) is 35.6. The summed E-state index contributed by atoms with van der Waals surface area (Å²) in [5.41, 5.74) is -7.39. The van der Waals surface area contributed by atoms with Gasteiger partial charge in [0.15, 0.2) is 23.6 Å². The minimum absolute atomic E-state index is 0.0302. The Morgan fingerprint density at radius 3 is 2.00 bits per heavy atom. The molecule has 1 saturated heterocycles. The van der Waals surface area contributed by atoms with Crippen molar-refractivity contribution in [3.05, 3.63) is 113 Å². The van der Waals surface area contributed by atoms with E-state index in [1.165, 1.54) is 62.4 Å². The normalized spacial score (nSPS) is 31.5. The number of hydrogen-bond acceptors (Lipinski definition) is 15. The van der Waals surface area contributed by atoms with Crippen molar-refractivity contribution in [3.8, 4) is 5.75 Å². The van der Waals surface area contributed by atoms with Crippen LogP contribution in [-0.4, -0.2) is 110 Å². The summed E-state index contributed by atoms with van der Waals surface area (Å²) < 4.78 is 30.2. The Labute approximate surface area is 363 Å². The third-order valence-corrected chi connectivity index (χ3v) is 13.6. The number of rotatable bonds is 10. The van der Waals surface area contributed by atoms with Crippen LogP contribution in [0.2, 0.25) is 0 Å². The summed E-state index contributed by atoms with van der Waals surface area (Å²) in [7, 11) is 0. The molecular formula is C47H51NO15. The summed E-state index contributed by atoms with van der Waals surface area (Å²) in [6.07, 6.45) is -10.8. The van der Waals surface area contributed by atoms with Crippen LogP contribution < -0.4 is 5.32 Å². The van der Waals surface area contributed by atoms with E-state index in [1.807, 2.05) is 0 Å². The van der Waals surface area contributed by atoms with Gasteiger partial charge < -0.3 is 49.4 Å². The second-order valence-electron chi connectivity index (χ2n) is 17.5. The molecule has 16 heteroatoms. The van der Waals surface area contributed by atoms with Crippen molar-refractivity contribution < 1.29 is 72.9 Å². The lowest BCUT2D eigenvalue weighted by molar-refractivity contribution is -0.346. The Morgan fingerprint density at radius 2 is 1.44 bits per heavy atom. The predicted octanol–water partition coefficient (Wildman–Crippen LogP) is 3.44. The minimum Gasteiger partial charge on any atom is -0.508 e. The van der Waals surface area contributed by atoms with Crippen LogP contribution in [0.15, 0.2) is 96.1 Å². The largest absolute Gasteiger partial charge is 0.508 e. The van der Waals surface area contributed by atoms with E-state index in [0.29, 0.717) is 0 Å². The Balaban J connectivity index is 1.39. The third kappa shape index (κ3) is 7.58. The number of nitrogens with one attached hydrogen (secondary N) is 1. The number of phenols is 1. The van der Waals surface area contributed by atoms with Crippen LogP contribution in [0.5, 0.6) is 5.75 Å². The fourth-order valence-electron chi connectivity index (χ4n) is 10.2. The van der Waals surface area contributed by atoms with E-state index in [9.17, 15) is 44.4 Å². The van der Waals surface area contributed by atoms with Gasteiger partial charge in [0.25, 0.3) is 5.91 Å². The first kappa shape index (κ1) is 45.1. The maximum absolute atomic E-state index is 15.5. The fraction of sp³-hybridized carbons (Fsp3) is 0.447. The topological polar surface area (TPSA) is 242 Å². The van der Waals surface area contributed by atoms with E-state index in [-0.39, 0.29) is 46.6 Å². The molecule has 3 fully saturated rings. The number of fused-ring (bicyclic) bond motifs is 5. The van der Waals surface area contributed by atoms with Gasteiger partial charge in [-0.05, 0) is 67.0 Å². The Hall–Kier alpha value is -5.94. The lowest BCUT2D eigenvalue weighted by Crippen LogP contribution is -2.82. The molecule has 16 nitrogen and oxygen atoms in total. The minimum atomic E-state index is -2.42. The Morgan fingerprint density at radius 1 is 0.841 bits per heavy atom. The van der Waals surface area contributed by atoms with E-state index < -0.39 is 113 Å². The van der Waals surface area contributed by atoms with Crippen LogP contribution >= 0.6 is 0 Å². The molecule has 63 heavy (non-hydrogen) atoms.